The van der Waals surface area contributed by atoms with Crippen LogP contribution in [0.1, 0.15) is 10.4 Å². The molecule has 0 amide bonds. The molecule has 1 aromatic carbocycles. The topological polar surface area (TPSA) is 30.0 Å². The summed E-state index contributed by atoms with van der Waals surface area (Å²) < 4.78 is 0. The van der Waals surface area contributed by atoms with Gasteiger partial charge < -0.3 is 0 Å². The molecule has 0 fully saturated rings. The molecule has 1 heterocycles. The summed E-state index contributed by atoms with van der Waals surface area (Å²) >= 11 is 5.89. The molecule has 0 saturated heterocycles. The number of nitrogens with zero attached hydrogens (tertiary/aromatic N) is 1. The molecule has 15 heavy (non-hydrogen) atoms. The first kappa shape index (κ1) is 9.87. The fraction of sp³-hybridized carbons (Fsp3) is 0. The van der Waals surface area contributed by atoms with E-state index in [1.807, 2.05) is 12.1 Å². The molecule has 0 radical (unpaired) electrons. The minimum atomic E-state index is 0.611. The summed E-state index contributed by atoms with van der Waals surface area (Å²) in [7, 11) is 0. The Morgan fingerprint density at radius 3 is 2.80 bits per heavy atom. The molecule has 0 atom stereocenters. The van der Waals surface area contributed by atoms with E-state index in [0.717, 1.165) is 17.4 Å². The minimum Gasteiger partial charge on any atom is -0.298 e. The number of aromatic nitrogens is 1. The summed E-state index contributed by atoms with van der Waals surface area (Å²) in [5.41, 5.74) is 2.32. The summed E-state index contributed by atoms with van der Waals surface area (Å²) in [6.07, 6.45) is 4.21. The highest BCUT2D eigenvalue weighted by Gasteiger charge is 2.04. The average molecular weight is 218 g/mol. The minimum absolute atomic E-state index is 0.611. The Hall–Kier alpha value is -1.67. The van der Waals surface area contributed by atoms with Gasteiger partial charge in [-0.25, -0.2) is 0 Å². The molecular formula is C12H8ClNO. The molecule has 3 heteroatoms. The number of aldehydes is 1. The van der Waals surface area contributed by atoms with Crippen molar-refractivity contribution in [3.63, 3.8) is 0 Å². The fourth-order valence-electron chi connectivity index (χ4n) is 1.40. The third kappa shape index (κ3) is 2.05. The number of carbonyl (C=O) groups excluding carboxylic acids is 1. The van der Waals surface area contributed by atoms with E-state index in [9.17, 15) is 4.79 Å². The van der Waals surface area contributed by atoms with Crippen molar-refractivity contribution in [2.45, 2.75) is 0 Å². The molecule has 74 valence electrons. The lowest BCUT2D eigenvalue weighted by molar-refractivity contribution is 0.112. The largest absolute Gasteiger partial charge is 0.298 e. The summed E-state index contributed by atoms with van der Waals surface area (Å²) in [4.78, 5) is 14.9. The number of halogens is 1. The number of hydrogen-bond acceptors (Lipinski definition) is 2. The van der Waals surface area contributed by atoms with Crippen molar-refractivity contribution in [3.05, 3.63) is 53.3 Å². The molecule has 2 rings (SSSR count). The van der Waals surface area contributed by atoms with Crippen molar-refractivity contribution in [2.75, 3.05) is 0 Å². The van der Waals surface area contributed by atoms with Crippen LogP contribution in [-0.4, -0.2) is 11.3 Å². The molecule has 0 N–H and O–H groups in total. The van der Waals surface area contributed by atoms with Crippen molar-refractivity contribution in [2.24, 2.45) is 0 Å². The van der Waals surface area contributed by atoms with Crippen LogP contribution < -0.4 is 0 Å². The molecular weight excluding hydrogens is 210 g/mol. The van der Waals surface area contributed by atoms with Crippen LogP contribution in [0.2, 0.25) is 5.02 Å². The van der Waals surface area contributed by atoms with Gasteiger partial charge in [0.05, 0.1) is 0 Å². The van der Waals surface area contributed by atoms with Crippen LogP contribution in [0.5, 0.6) is 0 Å². The molecule has 0 spiro atoms. The smallest absolute Gasteiger partial charge is 0.150 e. The maximum absolute atomic E-state index is 10.8. The fourth-order valence-corrected chi connectivity index (χ4v) is 1.58. The normalized spacial score (nSPS) is 9.93. The molecule has 0 unspecified atom stereocenters. The summed E-state index contributed by atoms with van der Waals surface area (Å²) in [5, 5.41) is 0.611. The van der Waals surface area contributed by atoms with Gasteiger partial charge in [-0.2, -0.15) is 0 Å². The Kier molecular flexibility index (Phi) is 2.79. The monoisotopic (exact) mass is 217 g/mol. The van der Waals surface area contributed by atoms with E-state index in [0.29, 0.717) is 10.6 Å². The lowest BCUT2D eigenvalue weighted by Gasteiger charge is -2.04. The summed E-state index contributed by atoms with van der Waals surface area (Å²) in [6, 6.07) is 8.89. The van der Waals surface area contributed by atoms with E-state index in [1.54, 1.807) is 30.6 Å². The van der Waals surface area contributed by atoms with E-state index < -0.39 is 0 Å². The van der Waals surface area contributed by atoms with Crippen LogP contribution in [0.3, 0.4) is 0 Å². The number of carbonyl (C=O) groups is 1. The summed E-state index contributed by atoms with van der Waals surface area (Å²) in [6.45, 7) is 0. The van der Waals surface area contributed by atoms with Gasteiger partial charge in [-0.15, -0.1) is 0 Å². The predicted octanol–water partition coefficient (Wildman–Crippen LogP) is 3.21. The van der Waals surface area contributed by atoms with Gasteiger partial charge in [-0.1, -0.05) is 17.7 Å². The molecule has 1 aromatic heterocycles. The van der Waals surface area contributed by atoms with Crippen molar-refractivity contribution in [1.29, 1.82) is 0 Å². The van der Waals surface area contributed by atoms with Crippen molar-refractivity contribution in [1.82, 2.24) is 4.98 Å². The maximum Gasteiger partial charge on any atom is 0.150 e. The van der Waals surface area contributed by atoms with Crippen molar-refractivity contribution in [3.8, 4) is 11.1 Å². The first-order chi connectivity index (χ1) is 7.31. The van der Waals surface area contributed by atoms with Gasteiger partial charge in [-0.05, 0) is 29.8 Å². The number of pyridine rings is 1. The molecule has 2 nitrogen and oxygen atoms in total. The molecule has 0 bridgehead atoms. The standard InChI is InChI=1S/C12H8ClNO/c13-11-4-3-10(8-15)12(6-11)9-2-1-5-14-7-9/h1-8H. The van der Waals surface area contributed by atoms with E-state index in [1.165, 1.54) is 0 Å². The Balaban J connectivity index is 2.61. The van der Waals surface area contributed by atoms with Crippen LogP contribution in [0.25, 0.3) is 11.1 Å². The lowest BCUT2D eigenvalue weighted by Crippen LogP contribution is -1.87. The van der Waals surface area contributed by atoms with E-state index in [-0.39, 0.29) is 0 Å². The van der Waals surface area contributed by atoms with E-state index in [4.69, 9.17) is 11.6 Å². The van der Waals surface area contributed by atoms with Crippen LogP contribution in [0.15, 0.2) is 42.7 Å². The Bertz CT molecular complexity index is 482. The zero-order valence-corrected chi connectivity index (χ0v) is 8.61. The van der Waals surface area contributed by atoms with Gasteiger partial charge in [0.15, 0.2) is 6.29 Å². The number of hydrogen-bond donors (Lipinski definition) is 0. The van der Waals surface area contributed by atoms with E-state index in [2.05, 4.69) is 4.98 Å². The molecule has 2 aromatic rings. The quantitative estimate of drug-likeness (QED) is 0.723. The van der Waals surface area contributed by atoms with Gasteiger partial charge in [0.1, 0.15) is 0 Å². The zero-order valence-electron chi connectivity index (χ0n) is 7.85. The second-order valence-corrected chi connectivity index (χ2v) is 3.53. The van der Waals surface area contributed by atoms with Crippen molar-refractivity contribution < 1.29 is 4.79 Å². The first-order valence-electron chi connectivity index (χ1n) is 4.46. The van der Waals surface area contributed by atoms with Crippen LogP contribution in [0, 0.1) is 0 Å². The summed E-state index contributed by atoms with van der Waals surface area (Å²) in [5.74, 6) is 0. The molecule has 0 aliphatic carbocycles. The second kappa shape index (κ2) is 4.24. The highest BCUT2D eigenvalue weighted by atomic mass is 35.5. The Labute approximate surface area is 92.5 Å². The highest BCUT2D eigenvalue weighted by Crippen LogP contribution is 2.25. The van der Waals surface area contributed by atoms with Gasteiger partial charge >= 0.3 is 0 Å². The number of benzene rings is 1. The van der Waals surface area contributed by atoms with Gasteiger partial charge in [0, 0.05) is 28.5 Å². The molecule has 0 aliphatic rings. The van der Waals surface area contributed by atoms with Gasteiger partial charge in [0.25, 0.3) is 0 Å². The third-order valence-electron chi connectivity index (χ3n) is 2.11. The van der Waals surface area contributed by atoms with E-state index >= 15 is 0 Å². The lowest BCUT2D eigenvalue weighted by atomic mass is 10.0. The first-order valence-corrected chi connectivity index (χ1v) is 4.84. The van der Waals surface area contributed by atoms with Crippen molar-refractivity contribution >= 4 is 17.9 Å². The number of rotatable bonds is 2. The van der Waals surface area contributed by atoms with Crippen LogP contribution in [-0.2, 0) is 0 Å². The zero-order chi connectivity index (χ0) is 10.7. The van der Waals surface area contributed by atoms with Gasteiger partial charge in [0.2, 0.25) is 0 Å². The Morgan fingerprint density at radius 2 is 2.13 bits per heavy atom. The van der Waals surface area contributed by atoms with Crippen LogP contribution in [0.4, 0.5) is 0 Å². The highest BCUT2D eigenvalue weighted by molar-refractivity contribution is 6.31. The molecule has 0 saturated carbocycles. The van der Waals surface area contributed by atoms with Crippen LogP contribution >= 0.6 is 11.6 Å². The van der Waals surface area contributed by atoms with Gasteiger partial charge in [-0.3, -0.25) is 9.78 Å². The predicted molar refractivity (Wildman–Crippen MR) is 60.1 cm³/mol. The second-order valence-electron chi connectivity index (χ2n) is 3.09. The third-order valence-corrected chi connectivity index (χ3v) is 2.35. The average Bonchev–Trinajstić information content (AvgIpc) is 2.30. The SMILES string of the molecule is O=Cc1ccc(Cl)cc1-c1cccnc1. The molecule has 0 aliphatic heterocycles. The maximum atomic E-state index is 10.8. The Morgan fingerprint density at radius 1 is 1.27 bits per heavy atom.